The van der Waals surface area contributed by atoms with Gasteiger partial charge in [-0.3, -0.25) is 4.98 Å². The SMILES string of the molecule is Cc1cnc2c(S(=O)(=O)N(Cc3cccs3)C[C@H]3CCCO3)cccc2c1. The molecule has 0 amide bonds. The topological polar surface area (TPSA) is 59.5 Å². The number of rotatable bonds is 6. The zero-order valence-corrected chi connectivity index (χ0v) is 16.8. The molecular formula is C20H22N2O3S2. The van der Waals surface area contributed by atoms with Gasteiger partial charge in [0.1, 0.15) is 4.90 Å². The van der Waals surface area contributed by atoms with Gasteiger partial charge in [0.25, 0.3) is 0 Å². The Labute approximate surface area is 163 Å². The lowest BCUT2D eigenvalue weighted by Crippen LogP contribution is -2.36. The van der Waals surface area contributed by atoms with Gasteiger partial charge in [-0.1, -0.05) is 18.2 Å². The largest absolute Gasteiger partial charge is 0.377 e. The van der Waals surface area contributed by atoms with Crippen LogP contribution in [0.4, 0.5) is 0 Å². The van der Waals surface area contributed by atoms with Crippen molar-refractivity contribution < 1.29 is 13.2 Å². The third-order valence-electron chi connectivity index (χ3n) is 4.77. The predicted molar refractivity (Wildman–Crippen MR) is 107 cm³/mol. The molecule has 7 heteroatoms. The number of hydrogen-bond acceptors (Lipinski definition) is 5. The number of thiophene rings is 1. The molecular weight excluding hydrogens is 380 g/mol. The number of pyridine rings is 1. The highest BCUT2D eigenvalue weighted by atomic mass is 32.2. The van der Waals surface area contributed by atoms with E-state index in [1.807, 2.05) is 36.6 Å². The number of ether oxygens (including phenoxy) is 1. The lowest BCUT2D eigenvalue weighted by atomic mass is 10.2. The Morgan fingerprint density at radius 3 is 2.93 bits per heavy atom. The molecule has 1 atom stereocenters. The second-order valence-corrected chi connectivity index (χ2v) is 9.79. The first-order chi connectivity index (χ1) is 13.0. The van der Waals surface area contributed by atoms with E-state index in [0.717, 1.165) is 28.7 Å². The fourth-order valence-corrected chi connectivity index (χ4v) is 5.85. The average molecular weight is 403 g/mol. The summed E-state index contributed by atoms with van der Waals surface area (Å²) < 4.78 is 34.4. The van der Waals surface area contributed by atoms with E-state index >= 15 is 0 Å². The maximum absolute atomic E-state index is 13.6. The third-order valence-corrected chi connectivity index (χ3v) is 7.48. The second-order valence-electron chi connectivity index (χ2n) is 6.85. The minimum atomic E-state index is -3.71. The van der Waals surface area contributed by atoms with E-state index in [4.69, 9.17) is 4.74 Å². The fourth-order valence-electron chi connectivity index (χ4n) is 3.43. The Bertz CT molecular complexity index is 1030. The van der Waals surface area contributed by atoms with Crippen LogP contribution in [-0.4, -0.2) is 37.0 Å². The van der Waals surface area contributed by atoms with Gasteiger partial charge in [0, 0.05) is 36.2 Å². The highest BCUT2D eigenvalue weighted by molar-refractivity contribution is 7.89. The molecule has 0 radical (unpaired) electrons. The predicted octanol–water partition coefficient (Wildman–Crippen LogP) is 3.97. The monoisotopic (exact) mass is 402 g/mol. The summed E-state index contributed by atoms with van der Waals surface area (Å²) >= 11 is 1.56. The molecule has 0 spiro atoms. The fraction of sp³-hybridized carbons (Fsp3) is 0.350. The van der Waals surface area contributed by atoms with Crippen molar-refractivity contribution in [3.8, 4) is 0 Å². The molecule has 0 bridgehead atoms. The Morgan fingerprint density at radius 1 is 1.30 bits per heavy atom. The normalized spacial score (nSPS) is 17.8. The molecule has 1 saturated heterocycles. The molecule has 0 N–H and O–H groups in total. The van der Waals surface area contributed by atoms with Crippen LogP contribution in [0.5, 0.6) is 0 Å². The van der Waals surface area contributed by atoms with Crippen LogP contribution < -0.4 is 0 Å². The van der Waals surface area contributed by atoms with Crippen LogP contribution in [0.2, 0.25) is 0 Å². The first-order valence-corrected chi connectivity index (χ1v) is 11.4. The molecule has 4 rings (SSSR count). The van der Waals surface area contributed by atoms with Gasteiger partial charge in [-0.25, -0.2) is 8.42 Å². The van der Waals surface area contributed by atoms with Crippen molar-refractivity contribution in [1.82, 2.24) is 9.29 Å². The van der Waals surface area contributed by atoms with Gasteiger partial charge >= 0.3 is 0 Å². The molecule has 5 nitrogen and oxygen atoms in total. The molecule has 3 aromatic rings. The lowest BCUT2D eigenvalue weighted by Gasteiger charge is -2.25. The zero-order valence-electron chi connectivity index (χ0n) is 15.2. The summed E-state index contributed by atoms with van der Waals surface area (Å²) in [5.41, 5.74) is 1.53. The summed E-state index contributed by atoms with van der Waals surface area (Å²) in [6.07, 6.45) is 3.53. The van der Waals surface area contributed by atoms with Crippen molar-refractivity contribution in [3.05, 3.63) is 58.4 Å². The molecule has 27 heavy (non-hydrogen) atoms. The van der Waals surface area contributed by atoms with Gasteiger partial charge in [0.05, 0.1) is 11.6 Å². The van der Waals surface area contributed by atoms with E-state index in [2.05, 4.69) is 4.98 Å². The third kappa shape index (κ3) is 3.91. The van der Waals surface area contributed by atoms with Crippen LogP contribution in [0.15, 0.2) is 52.9 Å². The van der Waals surface area contributed by atoms with E-state index < -0.39 is 10.0 Å². The minimum Gasteiger partial charge on any atom is -0.377 e. The summed E-state index contributed by atoms with van der Waals surface area (Å²) in [5.74, 6) is 0. The number of benzene rings is 1. The molecule has 1 aliphatic rings. The maximum Gasteiger partial charge on any atom is 0.245 e. The van der Waals surface area contributed by atoms with Crippen molar-refractivity contribution >= 4 is 32.3 Å². The van der Waals surface area contributed by atoms with Crippen molar-refractivity contribution in [1.29, 1.82) is 0 Å². The van der Waals surface area contributed by atoms with Gasteiger partial charge in [0.15, 0.2) is 0 Å². The highest BCUT2D eigenvalue weighted by Gasteiger charge is 2.31. The van der Waals surface area contributed by atoms with Crippen LogP contribution in [0.1, 0.15) is 23.3 Å². The van der Waals surface area contributed by atoms with E-state index in [0.29, 0.717) is 25.2 Å². The molecule has 2 aromatic heterocycles. The maximum atomic E-state index is 13.6. The van der Waals surface area contributed by atoms with Crippen LogP contribution in [-0.2, 0) is 21.3 Å². The summed E-state index contributed by atoms with van der Waals surface area (Å²) in [5, 5.41) is 2.80. The molecule has 1 fully saturated rings. The number of aryl methyl sites for hydroxylation is 1. The van der Waals surface area contributed by atoms with Gasteiger partial charge in [0.2, 0.25) is 10.0 Å². The number of hydrogen-bond donors (Lipinski definition) is 0. The van der Waals surface area contributed by atoms with E-state index in [1.54, 1.807) is 34.0 Å². The zero-order chi connectivity index (χ0) is 18.9. The van der Waals surface area contributed by atoms with Crippen molar-refractivity contribution in [2.24, 2.45) is 0 Å². The van der Waals surface area contributed by atoms with Crippen molar-refractivity contribution in [3.63, 3.8) is 0 Å². The number of sulfonamides is 1. The summed E-state index contributed by atoms with van der Waals surface area (Å²) in [4.78, 5) is 5.70. The standard InChI is InChI=1S/C20H22N2O3S2/c1-15-11-16-5-2-8-19(20(16)21-12-15)27(23,24)22(13-17-6-3-9-25-17)14-18-7-4-10-26-18/h2,4-5,7-8,10-12,17H,3,6,9,13-14H2,1H3/t17-/m1/s1. The Morgan fingerprint density at radius 2 is 2.19 bits per heavy atom. The minimum absolute atomic E-state index is 0.0510. The first kappa shape index (κ1) is 18.6. The summed E-state index contributed by atoms with van der Waals surface area (Å²) in [6, 6.07) is 11.2. The van der Waals surface area contributed by atoms with E-state index in [-0.39, 0.29) is 11.0 Å². The first-order valence-electron chi connectivity index (χ1n) is 9.03. The Hall–Kier alpha value is -1.80. The Balaban J connectivity index is 1.75. The number of nitrogens with zero attached hydrogens (tertiary/aromatic N) is 2. The lowest BCUT2D eigenvalue weighted by molar-refractivity contribution is 0.0928. The number of aromatic nitrogens is 1. The molecule has 1 aromatic carbocycles. The highest BCUT2D eigenvalue weighted by Crippen LogP contribution is 2.28. The van der Waals surface area contributed by atoms with Gasteiger partial charge in [-0.15, -0.1) is 11.3 Å². The van der Waals surface area contributed by atoms with Crippen LogP contribution in [0.25, 0.3) is 10.9 Å². The Kier molecular flexibility index (Phi) is 5.27. The van der Waals surface area contributed by atoms with Gasteiger partial charge in [-0.2, -0.15) is 4.31 Å². The van der Waals surface area contributed by atoms with Gasteiger partial charge in [-0.05, 0) is 48.9 Å². The average Bonchev–Trinajstić information content (AvgIpc) is 3.34. The molecule has 3 heterocycles. The van der Waals surface area contributed by atoms with Crippen LogP contribution in [0.3, 0.4) is 0 Å². The molecule has 0 unspecified atom stereocenters. The van der Waals surface area contributed by atoms with Crippen molar-refractivity contribution in [2.45, 2.75) is 37.3 Å². The molecule has 0 saturated carbocycles. The van der Waals surface area contributed by atoms with Crippen molar-refractivity contribution in [2.75, 3.05) is 13.2 Å². The molecule has 142 valence electrons. The van der Waals surface area contributed by atoms with Gasteiger partial charge < -0.3 is 4.74 Å². The quantitative estimate of drug-likeness (QED) is 0.626. The number of para-hydroxylation sites is 1. The van der Waals surface area contributed by atoms with Crippen LogP contribution in [0, 0.1) is 6.92 Å². The van der Waals surface area contributed by atoms with E-state index in [1.165, 1.54) is 0 Å². The van der Waals surface area contributed by atoms with Crippen LogP contribution >= 0.6 is 11.3 Å². The van der Waals surface area contributed by atoms with E-state index in [9.17, 15) is 8.42 Å². The smallest absolute Gasteiger partial charge is 0.245 e. The summed E-state index contributed by atoms with van der Waals surface area (Å²) in [7, 11) is -3.71. The molecule has 1 aliphatic heterocycles. The second kappa shape index (κ2) is 7.67. The molecule has 0 aliphatic carbocycles. The summed E-state index contributed by atoms with van der Waals surface area (Å²) in [6.45, 7) is 3.37. The number of fused-ring (bicyclic) bond motifs is 1.